The van der Waals surface area contributed by atoms with Crippen LogP contribution >= 0.6 is 0 Å². The molecule has 5 heteroatoms. The second-order valence-electron chi connectivity index (χ2n) is 6.05. The van der Waals surface area contributed by atoms with Gasteiger partial charge in [-0.2, -0.15) is 0 Å². The first kappa shape index (κ1) is 16.9. The predicted molar refractivity (Wildman–Crippen MR) is 85.9 cm³/mol. The molecular formula is C17H26FN3O. The van der Waals surface area contributed by atoms with Gasteiger partial charge in [-0.25, -0.2) is 4.39 Å². The van der Waals surface area contributed by atoms with Crippen molar-refractivity contribution in [2.45, 2.75) is 25.7 Å². The van der Waals surface area contributed by atoms with Gasteiger partial charge in [0.1, 0.15) is 5.82 Å². The van der Waals surface area contributed by atoms with Crippen molar-refractivity contribution in [2.24, 2.45) is 11.7 Å². The Hall–Kier alpha value is -1.46. The van der Waals surface area contributed by atoms with Gasteiger partial charge in [0.05, 0.1) is 6.54 Å². The lowest BCUT2D eigenvalue weighted by molar-refractivity contribution is -0.122. The Balaban J connectivity index is 1.66. The fourth-order valence-corrected chi connectivity index (χ4v) is 3.02. The number of nitrogens with one attached hydrogen (secondary N) is 1. The molecular weight excluding hydrogens is 281 g/mol. The maximum Gasteiger partial charge on any atom is 0.234 e. The second kappa shape index (κ2) is 8.86. The van der Waals surface area contributed by atoms with Crippen LogP contribution in [0.15, 0.2) is 24.3 Å². The fourth-order valence-electron chi connectivity index (χ4n) is 3.02. The van der Waals surface area contributed by atoms with Crippen LogP contribution in [0.4, 0.5) is 4.39 Å². The Labute approximate surface area is 131 Å². The smallest absolute Gasteiger partial charge is 0.234 e. The molecule has 0 bridgehead atoms. The summed E-state index contributed by atoms with van der Waals surface area (Å²) < 4.78 is 12.8. The average Bonchev–Trinajstić information content (AvgIpc) is 2.50. The number of hydrogen-bond acceptors (Lipinski definition) is 3. The van der Waals surface area contributed by atoms with E-state index in [0.717, 1.165) is 44.5 Å². The van der Waals surface area contributed by atoms with Gasteiger partial charge in [-0.3, -0.25) is 9.69 Å². The third-order valence-electron chi connectivity index (χ3n) is 4.19. The molecule has 1 fully saturated rings. The molecule has 1 saturated heterocycles. The summed E-state index contributed by atoms with van der Waals surface area (Å²) in [6.07, 6.45) is 4.14. The standard InChI is InChI=1S/C17H26FN3O/c18-16-5-3-14(4-6-16)8-10-20-17(22)13-21-11-1-2-15(12-21)7-9-19/h3-6,15H,1-2,7-13,19H2,(H,20,22). The molecule has 1 aromatic rings. The minimum absolute atomic E-state index is 0.0653. The highest BCUT2D eigenvalue weighted by atomic mass is 19.1. The molecule has 22 heavy (non-hydrogen) atoms. The molecule has 1 aromatic carbocycles. The van der Waals surface area contributed by atoms with Crippen LogP contribution in [-0.2, 0) is 11.2 Å². The highest BCUT2D eigenvalue weighted by molar-refractivity contribution is 5.78. The summed E-state index contributed by atoms with van der Waals surface area (Å²) >= 11 is 0. The summed E-state index contributed by atoms with van der Waals surface area (Å²) in [5, 5.41) is 2.94. The van der Waals surface area contributed by atoms with Crippen molar-refractivity contribution in [3.8, 4) is 0 Å². The van der Waals surface area contributed by atoms with E-state index >= 15 is 0 Å². The van der Waals surface area contributed by atoms with E-state index in [9.17, 15) is 9.18 Å². The number of benzene rings is 1. The van der Waals surface area contributed by atoms with Crippen LogP contribution in [-0.4, -0.2) is 43.5 Å². The van der Waals surface area contributed by atoms with E-state index in [2.05, 4.69) is 10.2 Å². The molecule has 1 heterocycles. The minimum Gasteiger partial charge on any atom is -0.355 e. The van der Waals surface area contributed by atoms with Crippen LogP contribution in [0.3, 0.4) is 0 Å². The first-order valence-electron chi connectivity index (χ1n) is 8.11. The van der Waals surface area contributed by atoms with Gasteiger partial charge in [0.2, 0.25) is 5.91 Å². The number of likely N-dealkylation sites (tertiary alicyclic amines) is 1. The lowest BCUT2D eigenvalue weighted by Gasteiger charge is -2.32. The Kier molecular flexibility index (Phi) is 6.80. The lowest BCUT2D eigenvalue weighted by Crippen LogP contribution is -2.43. The Bertz CT molecular complexity index is 461. The normalized spacial score (nSPS) is 19.1. The third-order valence-corrected chi connectivity index (χ3v) is 4.19. The van der Waals surface area contributed by atoms with Crippen LogP contribution in [0.25, 0.3) is 0 Å². The van der Waals surface area contributed by atoms with E-state index in [4.69, 9.17) is 5.73 Å². The summed E-state index contributed by atoms with van der Waals surface area (Å²) in [7, 11) is 0. The SMILES string of the molecule is NCCC1CCCN(CC(=O)NCCc2ccc(F)cc2)C1. The molecule has 0 saturated carbocycles. The zero-order valence-electron chi connectivity index (χ0n) is 13.1. The molecule has 0 aromatic heterocycles. The highest BCUT2D eigenvalue weighted by Gasteiger charge is 2.20. The van der Waals surface area contributed by atoms with E-state index in [-0.39, 0.29) is 11.7 Å². The number of halogens is 1. The molecule has 1 amide bonds. The Morgan fingerprint density at radius 1 is 1.36 bits per heavy atom. The van der Waals surface area contributed by atoms with Gasteiger partial charge in [0.15, 0.2) is 0 Å². The monoisotopic (exact) mass is 307 g/mol. The summed E-state index contributed by atoms with van der Waals surface area (Å²) in [6, 6.07) is 6.40. The van der Waals surface area contributed by atoms with Crippen LogP contribution in [0.2, 0.25) is 0 Å². The van der Waals surface area contributed by atoms with Gasteiger partial charge >= 0.3 is 0 Å². The topological polar surface area (TPSA) is 58.4 Å². The van der Waals surface area contributed by atoms with Crippen molar-refractivity contribution < 1.29 is 9.18 Å². The molecule has 1 atom stereocenters. The molecule has 0 radical (unpaired) electrons. The van der Waals surface area contributed by atoms with Crippen molar-refractivity contribution in [3.05, 3.63) is 35.6 Å². The first-order valence-corrected chi connectivity index (χ1v) is 8.11. The lowest BCUT2D eigenvalue weighted by atomic mass is 9.95. The zero-order valence-corrected chi connectivity index (χ0v) is 13.1. The number of piperidine rings is 1. The van der Waals surface area contributed by atoms with Crippen LogP contribution in [0, 0.1) is 11.7 Å². The average molecular weight is 307 g/mol. The number of rotatable bonds is 7. The molecule has 1 aliphatic heterocycles. The fraction of sp³-hybridized carbons (Fsp3) is 0.588. The molecule has 3 N–H and O–H groups in total. The molecule has 2 rings (SSSR count). The third kappa shape index (κ3) is 5.73. The van der Waals surface area contributed by atoms with E-state index in [0.29, 0.717) is 19.0 Å². The Morgan fingerprint density at radius 2 is 2.14 bits per heavy atom. The van der Waals surface area contributed by atoms with Gasteiger partial charge in [0, 0.05) is 13.1 Å². The van der Waals surface area contributed by atoms with Gasteiger partial charge in [-0.05, 0) is 62.4 Å². The highest BCUT2D eigenvalue weighted by Crippen LogP contribution is 2.18. The number of hydrogen-bond donors (Lipinski definition) is 2. The number of nitrogens with zero attached hydrogens (tertiary/aromatic N) is 1. The molecule has 122 valence electrons. The maximum atomic E-state index is 12.8. The minimum atomic E-state index is -0.232. The summed E-state index contributed by atoms with van der Waals surface area (Å²) in [4.78, 5) is 14.2. The maximum absolute atomic E-state index is 12.8. The summed E-state index contributed by atoms with van der Waals surface area (Å²) in [5.74, 6) is 0.464. The van der Waals surface area contributed by atoms with Crippen molar-refractivity contribution >= 4 is 5.91 Å². The number of nitrogens with two attached hydrogens (primary N) is 1. The second-order valence-corrected chi connectivity index (χ2v) is 6.05. The first-order chi connectivity index (χ1) is 10.7. The van der Waals surface area contributed by atoms with E-state index in [1.807, 2.05) is 0 Å². The van der Waals surface area contributed by atoms with Crippen LogP contribution in [0.1, 0.15) is 24.8 Å². The van der Waals surface area contributed by atoms with E-state index in [1.54, 1.807) is 12.1 Å². The molecule has 4 nitrogen and oxygen atoms in total. The molecule has 0 spiro atoms. The van der Waals surface area contributed by atoms with E-state index in [1.165, 1.54) is 18.6 Å². The van der Waals surface area contributed by atoms with Crippen molar-refractivity contribution in [3.63, 3.8) is 0 Å². The van der Waals surface area contributed by atoms with Crippen LogP contribution in [0.5, 0.6) is 0 Å². The summed E-state index contributed by atoms with van der Waals surface area (Å²) in [5.41, 5.74) is 6.65. The van der Waals surface area contributed by atoms with E-state index < -0.39 is 0 Å². The van der Waals surface area contributed by atoms with Gasteiger partial charge in [-0.1, -0.05) is 12.1 Å². The van der Waals surface area contributed by atoms with Crippen molar-refractivity contribution in [2.75, 3.05) is 32.7 Å². The van der Waals surface area contributed by atoms with Crippen molar-refractivity contribution in [1.29, 1.82) is 0 Å². The number of amides is 1. The zero-order chi connectivity index (χ0) is 15.8. The van der Waals surface area contributed by atoms with Gasteiger partial charge in [-0.15, -0.1) is 0 Å². The molecule has 1 aliphatic rings. The molecule has 0 aliphatic carbocycles. The quantitative estimate of drug-likeness (QED) is 0.803. The number of carbonyl (C=O) groups excluding carboxylic acids is 1. The predicted octanol–water partition coefficient (Wildman–Crippen LogP) is 1.55. The summed E-state index contributed by atoms with van der Waals surface area (Å²) in [6.45, 7) is 3.74. The Morgan fingerprint density at radius 3 is 2.86 bits per heavy atom. The van der Waals surface area contributed by atoms with Gasteiger partial charge < -0.3 is 11.1 Å². The van der Waals surface area contributed by atoms with Gasteiger partial charge in [0.25, 0.3) is 0 Å². The molecule has 1 unspecified atom stereocenters. The largest absolute Gasteiger partial charge is 0.355 e. The number of carbonyl (C=O) groups is 1. The van der Waals surface area contributed by atoms with Crippen molar-refractivity contribution in [1.82, 2.24) is 10.2 Å². The van der Waals surface area contributed by atoms with Crippen LogP contribution < -0.4 is 11.1 Å².